The van der Waals surface area contributed by atoms with Crippen LogP contribution in [0.25, 0.3) is 0 Å². The Hall–Kier alpha value is -0.950. The highest BCUT2D eigenvalue weighted by molar-refractivity contribution is 8.00. The molecule has 7 heteroatoms. The third kappa shape index (κ3) is 3.04. The van der Waals surface area contributed by atoms with E-state index in [4.69, 9.17) is 5.90 Å². The van der Waals surface area contributed by atoms with Gasteiger partial charge in [-0.25, -0.2) is 4.79 Å². The minimum atomic E-state index is -0.363. The molecule has 0 aliphatic carbocycles. The molecule has 2 aliphatic rings. The molecule has 0 radical (unpaired) electrons. The molecule has 2 saturated heterocycles. The molecular weight excluding hydrogens is 242 g/mol. The molecule has 2 amide bonds. The van der Waals surface area contributed by atoms with Gasteiger partial charge < -0.3 is 15.5 Å². The van der Waals surface area contributed by atoms with Crippen molar-refractivity contribution in [3.8, 4) is 0 Å². The first-order valence-corrected chi connectivity index (χ1v) is 6.84. The maximum atomic E-state index is 11.2. The molecule has 0 aromatic carbocycles. The number of hydrogen-bond donors (Lipinski definition) is 3. The monoisotopic (exact) mass is 259 g/mol. The standard InChI is InChI=1S/C10H17N3O3S/c11-16-8(14)4-2-1-3-7-9-6(5-17-7)12-10(15)13-9/h6-7,9H,1-5,11H2,(H2,12,13,15)/t6?,7?,9-/m0/s1. The van der Waals surface area contributed by atoms with Gasteiger partial charge in [0.05, 0.1) is 12.1 Å². The molecular formula is C10H17N3O3S. The number of nitrogens with one attached hydrogen (secondary N) is 2. The molecule has 2 unspecified atom stereocenters. The van der Waals surface area contributed by atoms with E-state index in [0.717, 1.165) is 25.0 Å². The summed E-state index contributed by atoms with van der Waals surface area (Å²) >= 11 is 1.88. The van der Waals surface area contributed by atoms with Gasteiger partial charge in [-0.05, 0) is 12.8 Å². The SMILES string of the molecule is NOC(=O)CCCCC1SCC2NC(=O)N[C@@H]21. The van der Waals surface area contributed by atoms with E-state index in [1.54, 1.807) is 0 Å². The van der Waals surface area contributed by atoms with E-state index in [9.17, 15) is 9.59 Å². The zero-order valence-corrected chi connectivity index (χ0v) is 10.3. The van der Waals surface area contributed by atoms with E-state index >= 15 is 0 Å². The minimum absolute atomic E-state index is 0.0583. The quantitative estimate of drug-likeness (QED) is 0.371. The molecule has 2 rings (SSSR count). The first-order valence-electron chi connectivity index (χ1n) is 5.79. The number of amides is 2. The summed E-state index contributed by atoms with van der Waals surface area (Å²) in [6, 6.07) is 0.456. The van der Waals surface area contributed by atoms with Crippen molar-refractivity contribution in [1.29, 1.82) is 0 Å². The van der Waals surface area contributed by atoms with Crippen molar-refractivity contribution in [1.82, 2.24) is 10.6 Å². The third-order valence-corrected chi connectivity index (χ3v) is 4.70. The van der Waals surface area contributed by atoms with Crippen LogP contribution in [-0.4, -0.2) is 35.1 Å². The summed E-state index contributed by atoms with van der Waals surface area (Å²) in [5.74, 6) is 5.36. The molecule has 4 N–H and O–H groups in total. The van der Waals surface area contributed by atoms with Crippen LogP contribution < -0.4 is 16.5 Å². The second-order valence-corrected chi connectivity index (χ2v) is 5.63. The van der Waals surface area contributed by atoms with Gasteiger partial charge in [0.15, 0.2) is 0 Å². The molecule has 0 bridgehead atoms. The van der Waals surface area contributed by atoms with Crippen LogP contribution in [0.3, 0.4) is 0 Å². The Labute approximate surface area is 104 Å². The minimum Gasteiger partial charge on any atom is -0.373 e. The van der Waals surface area contributed by atoms with Gasteiger partial charge in [-0.2, -0.15) is 17.7 Å². The Kier molecular flexibility index (Phi) is 4.11. The Morgan fingerprint density at radius 3 is 3.06 bits per heavy atom. The Bertz CT molecular complexity index is 313. The van der Waals surface area contributed by atoms with Crippen LogP contribution in [0.2, 0.25) is 0 Å². The lowest BCUT2D eigenvalue weighted by Crippen LogP contribution is -2.36. The number of carbonyl (C=O) groups excluding carboxylic acids is 2. The van der Waals surface area contributed by atoms with Gasteiger partial charge >= 0.3 is 12.0 Å². The van der Waals surface area contributed by atoms with E-state index in [-0.39, 0.29) is 24.1 Å². The van der Waals surface area contributed by atoms with Gasteiger partial charge in [0.1, 0.15) is 0 Å². The van der Waals surface area contributed by atoms with Crippen LogP contribution in [0.15, 0.2) is 0 Å². The average molecular weight is 259 g/mol. The highest BCUT2D eigenvalue weighted by Crippen LogP contribution is 2.33. The van der Waals surface area contributed by atoms with Crippen LogP contribution in [0.1, 0.15) is 25.7 Å². The van der Waals surface area contributed by atoms with Gasteiger partial charge in [0, 0.05) is 17.4 Å². The van der Waals surface area contributed by atoms with Crippen molar-refractivity contribution in [2.75, 3.05) is 5.75 Å². The molecule has 2 aliphatic heterocycles. The molecule has 0 saturated carbocycles. The smallest absolute Gasteiger partial charge is 0.324 e. The lowest BCUT2D eigenvalue weighted by molar-refractivity contribution is -0.144. The van der Waals surface area contributed by atoms with E-state index in [1.165, 1.54) is 0 Å². The summed E-state index contributed by atoms with van der Waals surface area (Å²) in [5.41, 5.74) is 0. The summed E-state index contributed by atoms with van der Waals surface area (Å²) in [6.07, 6.45) is 3.11. The van der Waals surface area contributed by atoms with Crippen LogP contribution in [0.4, 0.5) is 4.79 Å². The predicted molar refractivity (Wildman–Crippen MR) is 64.2 cm³/mol. The zero-order valence-electron chi connectivity index (χ0n) is 9.48. The van der Waals surface area contributed by atoms with Crippen LogP contribution in [0.5, 0.6) is 0 Å². The molecule has 96 valence electrons. The number of nitrogens with two attached hydrogens (primary N) is 1. The maximum absolute atomic E-state index is 11.2. The third-order valence-electron chi connectivity index (χ3n) is 3.19. The summed E-state index contributed by atoms with van der Waals surface area (Å²) in [7, 11) is 0. The van der Waals surface area contributed by atoms with Crippen molar-refractivity contribution >= 4 is 23.8 Å². The van der Waals surface area contributed by atoms with Gasteiger partial charge in [-0.1, -0.05) is 6.42 Å². The average Bonchev–Trinajstić information content (AvgIpc) is 2.84. The van der Waals surface area contributed by atoms with E-state index < -0.39 is 0 Å². The van der Waals surface area contributed by atoms with E-state index in [2.05, 4.69) is 15.5 Å². The highest BCUT2D eigenvalue weighted by atomic mass is 32.2. The second kappa shape index (κ2) is 5.59. The van der Waals surface area contributed by atoms with Crippen molar-refractivity contribution in [3.05, 3.63) is 0 Å². The molecule has 0 aromatic heterocycles. The van der Waals surface area contributed by atoms with Gasteiger partial charge in [0.2, 0.25) is 0 Å². The lowest BCUT2D eigenvalue weighted by atomic mass is 10.0. The fourth-order valence-electron chi connectivity index (χ4n) is 2.32. The van der Waals surface area contributed by atoms with Gasteiger partial charge in [0.25, 0.3) is 0 Å². The van der Waals surface area contributed by atoms with Gasteiger partial charge in [-0.3, -0.25) is 4.79 Å². The number of fused-ring (bicyclic) bond motifs is 1. The van der Waals surface area contributed by atoms with E-state index in [1.807, 2.05) is 11.8 Å². The molecule has 2 heterocycles. The van der Waals surface area contributed by atoms with Crippen LogP contribution >= 0.6 is 11.8 Å². The lowest BCUT2D eigenvalue weighted by Gasteiger charge is -2.16. The van der Waals surface area contributed by atoms with Crippen molar-refractivity contribution in [2.24, 2.45) is 5.90 Å². The summed E-state index contributed by atoms with van der Waals surface area (Å²) in [6.45, 7) is 0. The number of rotatable bonds is 5. The Morgan fingerprint density at radius 1 is 1.47 bits per heavy atom. The molecule has 0 spiro atoms. The van der Waals surface area contributed by atoms with Crippen molar-refractivity contribution in [3.63, 3.8) is 0 Å². The molecule has 6 nitrogen and oxygen atoms in total. The van der Waals surface area contributed by atoms with Crippen LogP contribution in [0, 0.1) is 0 Å². The second-order valence-electron chi connectivity index (χ2n) is 4.36. The van der Waals surface area contributed by atoms with Crippen molar-refractivity contribution in [2.45, 2.75) is 43.0 Å². The highest BCUT2D eigenvalue weighted by Gasteiger charge is 2.42. The summed E-state index contributed by atoms with van der Waals surface area (Å²) in [4.78, 5) is 26.1. The number of hydrogen-bond acceptors (Lipinski definition) is 5. The fourth-order valence-corrected chi connectivity index (χ4v) is 3.86. The number of carbonyl (C=O) groups is 2. The Balaban J connectivity index is 1.66. The molecule has 0 aromatic rings. The fraction of sp³-hybridized carbons (Fsp3) is 0.800. The first-order chi connectivity index (χ1) is 8.20. The van der Waals surface area contributed by atoms with Crippen LogP contribution in [-0.2, 0) is 9.63 Å². The first kappa shape index (κ1) is 12.5. The summed E-state index contributed by atoms with van der Waals surface area (Å²) < 4.78 is 0. The molecule has 3 atom stereocenters. The number of unbranched alkanes of at least 4 members (excludes halogenated alkanes) is 1. The number of thioether (sulfide) groups is 1. The largest absolute Gasteiger partial charge is 0.373 e. The summed E-state index contributed by atoms with van der Waals surface area (Å²) in [5, 5.41) is 6.30. The maximum Gasteiger partial charge on any atom is 0.324 e. The predicted octanol–water partition coefficient (Wildman–Crippen LogP) is 0.129. The molecule has 2 fully saturated rings. The Morgan fingerprint density at radius 2 is 2.29 bits per heavy atom. The zero-order chi connectivity index (χ0) is 12.3. The van der Waals surface area contributed by atoms with E-state index in [0.29, 0.717) is 11.7 Å². The molecule has 17 heavy (non-hydrogen) atoms. The normalized spacial score (nSPS) is 30.6. The number of urea groups is 1. The topological polar surface area (TPSA) is 93.4 Å². The van der Waals surface area contributed by atoms with Crippen molar-refractivity contribution < 1.29 is 14.4 Å². The van der Waals surface area contributed by atoms with Gasteiger partial charge in [-0.15, -0.1) is 0 Å².